The van der Waals surface area contributed by atoms with Crippen LogP contribution in [0.3, 0.4) is 0 Å². The number of anilines is 1. The molecule has 3 N–H and O–H groups in total. The van der Waals surface area contributed by atoms with Gasteiger partial charge in [0.05, 0.1) is 17.7 Å². The normalized spacial score (nSPS) is 10.1. The number of carbonyl (C=O) groups excluding carboxylic acids is 4. The minimum Gasteiger partial charge on any atom is -0.460 e. The van der Waals surface area contributed by atoms with Gasteiger partial charge in [-0.15, -0.1) is 0 Å². The van der Waals surface area contributed by atoms with Crippen molar-refractivity contribution in [2.45, 2.75) is 78.7 Å². The van der Waals surface area contributed by atoms with E-state index in [1.807, 2.05) is 39.8 Å². The predicted octanol–water partition coefficient (Wildman–Crippen LogP) is 4.61. The Hall–Kier alpha value is -4.14. The van der Waals surface area contributed by atoms with Crippen LogP contribution in [0.4, 0.5) is 14.5 Å². The number of benzene rings is 1. The molecule has 12 heteroatoms. The number of hydrogen-bond donors (Lipinski definition) is 2. The molecule has 0 aliphatic heterocycles. The van der Waals surface area contributed by atoms with E-state index in [-0.39, 0.29) is 23.9 Å². The lowest BCUT2D eigenvalue weighted by Crippen LogP contribution is -2.30. The molecule has 2 amide bonds. The molecule has 0 bridgehead atoms. The first-order valence-corrected chi connectivity index (χ1v) is 12.5. The standard InChI is InChI=1S/C12H10N2O2.C8H16O2.C6H10F2N2.C2H5NO/c15-7-5-9-4-6-13-12-10(9)2-1-3-11(12)14-8-16;1-5-6-7(9)10-8(2,3)4;1-3-6(7,8)4-10(2)5-9;1-2(3)4/h1-4,6-8H,5H2,(H,14,16);5-6H2,1-4H3;3-4H2,1-2H3;1H3,(H2,3,4). The highest BCUT2D eigenvalue weighted by Crippen LogP contribution is 2.23. The monoisotopic (exact) mass is 565 g/mol. The number of nitrogens with two attached hydrogens (primary N) is 1. The van der Waals surface area contributed by atoms with Crippen molar-refractivity contribution in [3.63, 3.8) is 0 Å². The van der Waals surface area contributed by atoms with Crippen LogP contribution in [0.5, 0.6) is 0 Å². The average molecular weight is 566 g/mol. The molecule has 2 aromatic rings. The van der Waals surface area contributed by atoms with Gasteiger partial charge in [0, 0.05) is 44.8 Å². The van der Waals surface area contributed by atoms with Crippen molar-refractivity contribution in [3.05, 3.63) is 36.0 Å². The Morgan fingerprint density at radius 2 is 1.80 bits per heavy atom. The number of alkyl halides is 2. The van der Waals surface area contributed by atoms with Crippen LogP contribution in [0, 0.1) is 11.5 Å². The first-order chi connectivity index (χ1) is 18.6. The van der Waals surface area contributed by atoms with E-state index in [0.29, 0.717) is 30.5 Å². The molecular weight excluding hydrogens is 524 g/mol. The first kappa shape index (κ1) is 38.0. The SMILES string of the molecule is CC(N)=O.CCC(F)(F)CN(C)C#N.CCCC(=O)OC(C)(C)C.O=CCc1ccnc2c(NC=O)cccc12. The second kappa shape index (κ2) is 19.9. The molecule has 0 radical (unpaired) electrons. The third-order valence-corrected chi connectivity index (χ3v) is 4.41. The topological polar surface area (TPSA) is 155 Å². The molecule has 40 heavy (non-hydrogen) atoms. The molecule has 0 aliphatic carbocycles. The Bertz CT molecular complexity index is 1060. The van der Waals surface area contributed by atoms with Gasteiger partial charge in [0.2, 0.25) is 12.3 Å². The quantitative estimate of drug-likeness (QED) is 0.193. The summed E-state index contributed by atoms with van der Waals surface area (Å²) < 4.78 is 29.8. The van der Waals surface area contributed by atoms with Crippen molar-refractivity contribution in [2.24, 2.45) is 5.73 Å². The minimum absolute atomic E-state index is 0.102. The Morgan fingerprint density at radius 1 is 1.20 bits per heavy atom. The second-order valence-corrected chi connectivity index (χ2v) is 9.42. The van der Waals surface area contributed by atoms with Crippen LogP contribution in [0.1, 0.15) is 66.4 Å². The summed E-state index contributed by atoms with van der Waals surface area (Å²) in [5.41, 5.74) is 6.41. The van der Waals surface area contributed by atoms with Gasteiger partial charge in [-0.25, -0.2) is 8.78 Å². The molecule has 0 unspecified atom stereocenters. The number of halogens is 2. The maximum absolute atomic E-state index is 12.4. The van der Waals surface area contributed by atoms with Crippen LogP contribution in [0.25, 0.3) is 10.9 Å². The van der Waals surface area contributed by atoms with Gasteiger partial charge in [0.1, 0.15) is 11.9 Å². The Labute approximate surface area is 234 Å². The number of aromatic nitrogens is 1. The van der Waals surface area contributed by atoms with Gasteiger partial charge in [-0.05, 0) is 44.9 Å². The van der Waals surface area contributed by atoms with Crippen molar-refractivity contribution in [1.29, 1.82) is 5.26 Å². The highest BCUT2D eigenvalue weighted by molar-refractivity contribution is 5.96. The lowest BCUT2D eigenvalue weighted by atomic mass is 10.1. The van der Waals surface area contributed by atoms with Crippen LogP contribution in [0.15, 0.2) is 30.5 Å². The fourth-order valence-electron chi connectivity index (χ4n) is 2.77. The summed E-state index contributed by atoms with van der Waals surface area (Å²) in [4.78, 5) is 46.2. The molecule has 2 rings (SSSR count). The number of hydrogen-bond acceptors (Lipinski definition) is 8. The molecule has 0 aliphatic rings. The van der Waals surface area contributed by atoms with Crippen molar-refractivity contribution < 1.29 is 32.7 Å². The summed E-state index contributed by atoms with van der Waals surface area (Å²) in [5.74, 6) is -3.17. The molecule has 1 aromatic carbocycles. The number of rotatable bonds is 9. The molecule has 222 valence electrons. The van der Waals surface area contributed by atoms with Crippen molar-refractivity contribution in [2.75, 3.05) is 18.9 Å². The number of fused-ring (bicyclic) bond motifs is 1. The zero-order valence-electron chi connectivity index (χ0n) is 24.3. The number of amides is 2. The van der Waals surface area contributed by atoms with Gasteiger partial charge in [-0.1, -0.05) is 26.0 Å². The number of para-hydroxylation sites is 1. The van der Waals surface area contributed by atoms with Gasteiger partial charge < -0.3 is 25.5 Å². The minimum atomic E-state index is -2.73. The number of nitrogens with one attached hydrogen (secondary N) is 1. The number of carbonyl (C=O) groups is 4. The third kappa shape index (κ3) is 19.0. The van der Waals surface area contributed by atoms with Crippen LogP contribution in [-0.4, -0.2) is 59.6 Å². The van der Waals surface area contributed by atoms with Crippen LogP contribution >= 0.6 is 0 Å². The lowest BCUT2D eigenvalue weighted by molar-refractivity contribution is -0.154. The maximum atomic E-state index is 12.4. The summed E-state index contributed by atoms with van der Waals surface area (Å²) in [6.45, 7) is 9.80. The van der Waals surface area contributed by atoms with Gasteiger partial charge >= 0.3 is 5.97 Å². The van der Waals surface area contributed by atoms with E-state index in [4.69, 9.17) is 10.00 Å². The van der Waals surface area contributed by atoms with E-state index >= 15 is 0 Å². The summed E-state index contributed by atoms with van der Waals surface area (Å²) in [6.07, 6.45) is 6.22. The van der Waals surface area contributed by atoms with Crippen LogP contribution in [-0.2, 0) is 30.3 Å². The Kier molecular flexibility index (Phi) is 18.9. The number of nitrogens with zero attached hydrogens (tertiary/aromatic N) is 3. The van der Waals surface area contributed by atoms with E-state index in [1.165, 1.54) is 20.9 Å². The fourth-order valence-corrected chi connectivity index (χ4v) is 2.77. The number of nitriles is 1. The van der Waals surface area contributed by atoms with Crippen LogP contribution < -0.4 is 11.1 Å². The van der Waals surface area contributed by atoms with E-state index < -0.39 is 12.5 Å². The highest BCUT2D eigenvalue weighted by atomic mass is 19.3. The zero-order valence-corrected chi connectivity index (χ0v) is 24.3. The van der Waals surface area contributed by atoms with E-state index in [0.717, 1.165) is 28.6 Å². The zero-order chi connectivity index (χ0) is 31.4. The number of aldehydes is 1. The third-order valence-electron chi connectivity index (χ3n) is 4.41. The van der Waals surface area contributed by atoms with E-state index in [9.17, 15) is 28.0 Å². The molecule has 10 nitrogen and oxygen atoms in total. The summed E-state index contributed by atoms with van der Waals surface area (Å²) in [5, 5.41) is 11.6. The molecule has 0 fully saturated rings. The van der Waals surface area contributed by atoms with Gasteiger partial charge in [-0.3, -0.25) is 19.4 Å². The Balaban J connectivity index is 0. The summed E-state index contributed by atoms with van der Waals surface area (Å²) in [6, 6.07) is 7.29. The lowest BCUT2D eigenvalue weighted by Gasteiger charge is -2.18. The number of ether oxygens (including phenoxy) is 1. The largest absolute Gasteiger partial charge is 0.460 e. The number of pyridine rings is 1. The highest BCUT2D eigenvalue weighted by Gasteiger charge is 2.27. The first-order valence-electron chi connectivity index (χ1n) is 12.5. The molecule has 1 heterocycles. The van der Waals surface area contributed by atoms with E-state index in [1.54, 1.807) is 24.5 Å². The van der Waals surface area contributed by atoms with Crippen molar-refractivity contribution >= 4 is 41.2 Å². The van der Waals surface area contributed by atoms with Gasteiger partial charge in [-0.2, -0.15) is 5.26 Å². The Morgan fingerprint density at radius 3 is 2.25 bits per heavy atom. The molecule has 0 saturated heterocycles. The molecule has 1 aromatic heterocycles. The smallest absolute Gasteiger partial charge is 0.306 e. The average Bonchev–Trinajstić information content (AvgIpc) is 2.84. The summed E-state index contributed by atoms with van der Waals surface area (Å²) >= 11 is 0. The van der Waals surface area contributed by atoms with E-state index in [2.05, 4.69) is 16.0 Å². The fraction of sp³-hybridized carbons (Fsp3) is 0.500. The van der Waals surface area contributed by atoms with Gasteiger partial charge in [0.25, 0.3) is 5.92 Å². The molecular formula is C28H41F2N5O5. The molecule has 0 saturated carbocycles. The predicted molar refractivity (Wildman–Crippen MR) is 150 cm³/mol. The number of esters is 1. The van der Waals surface area contributed by atoms with Crippen LogP contribution in [0.2, 0.25) is 0 Å². The second-order valence-electron chi connectivity index (χ2n) is 9.42. The number of primary amides is 1. The van der Waals surface area contributed by atoms with Gasteiger partial charge in [0.15, 0.2) is 6.19 Å². The maximum Gasteiger partial charge on any atom is 0.306 e. The molecule has 0 atom stereocenters. The van der Waals surface area contributed by atoms with Crippen molar-refractivity contribution in [1.82, 2.24) is 9.88 Å². The summed E-state index contributed by atoms with van der Waals surface area (Å²) in [7, 11) is 1.34. The molecule has 0 spiro atoms. The van der Waals surface area contributed by atoms with Crippen molar-refractivity contribution in [3.8, 4) is 6.19 Å².